The van der Waals surface area contributed by atoms with Gasteiger partial charge < -0.3 is 0 Å². The molecule has 0 saturated carbocycles. The molecule has 1 fully saturated rings. The maximum atomic E-state index is 14.0. The lowest BCUT2D eigenvalue weighted by molar-refractivity contribution is -0.128. The van der Waals surface area contributed by atoms with E-state index >= 15 is 0 Å². The van der Waals surface area contributed by atoms with Crippen molar-refractivity contribution in [2.24, 2.45) is 11.3 Å². The third kappa shape index (κ3) is 1.96. The van der Waals surface area contributed by atoms with Crippen LogP contribution in [0.4, 0.5) is 5.69 Å². The van der Waals surface area contributed by atoms with Crippen molar-refractivity contribution in [2.75, 3.05) is 4.90 Å². The Kier molecular flexibility index (Phi) is 3.48. The third-order valence-corrected chi connectivity index (χ3v) is 7.66. The van der Waals surface area contributed by atoms with Crippen LogP contribution < -0.4 is 4.90 Å². The van der Waals surface area contributed by atoms with Crippen molar-refractivity contribution in [3.8, 4) is 0 Å². The smallest absolute Gasteiger partial charge is 0.241 e. The van der Waals surface area contributed by atoms with Crippen molar-refractivity contribution in [3.63, 3.8) is 0 Å². The quantitative estimate of drug-likeness (QED) is 0.498. The van der Waals surface area contributed by atoms with Crippen LogP contribution >= 0.6 is 11.6 Å². The number of imide groups is 1. The van der Waals surface area contributed by atoms with Gasteiger partial charge in [0.25, 0.3) is 0 Å². The predicted molar refractivity (Wildman–Crippen MR) is 117 cm³/mol. The Morgan fingerprint density at radius 1 is 0.867 bits per heavy atom. The number of nitrogens with zero attached hydrogens (tertiary/aromatic N) is 1. The lowest BCUT2D eigenvalue weighted by Gasteiger charge is -2.51. The first kappa shape index (κ1) is 17.9. The number of aryl methyl sites for hydroxylation is 1. The van der Waals surface area contributed by atoms with E-state index in [4.69, 9.17) is 11.6 Å². The van der Waals surface area contributed by atoms with Crippen molar-refractivity contribution in [3.05, 3.63) is 99.6 Å². The second-order valence-electron chi connectivity index (χ2n) is 8.84. The zero-order valence-electron chi connectivity index (χ0n) is 16.7. The number of benzene rings is 3. The van der Waals surface area contributed by atoms with Crippen molar-refractivity contribution in [1.82, 2.24) is 0 Å². The summed E-state index contributed by atoms with van der Waals surface area (Å²) < 4.78 is 0. The highest BCUT2D eigenvalue weighted by Gasteiger charge is 2.68. The minimum atomic E-state index is -0.820. The molecule has 1 heterocycles. The number of hydrogen-bond acceptors (Lipinski definition) is 2. The molecule has 0 unspecified atom stereocenters. The average Bonchev–Trinajstić information content (AvgIpc) is 2.96. The minimum absolute atomic E-state index is 0.117. The molecule has 7 rings (SSSR count). The number of hydrogen-bond donors (Lipinski definition) is 0. The largest absolute Gasteiger partial charge is 0.274 e. The normalized spacial score (nSPS) is 28.4. The first-order valence-electron chi connectivity index (χ1n) is 10.3. The molecule has 2 bridgehead atoms. The zero-order valence-corrected chi connectivity index (χ0v) is 17.5. The van der Waals surface area contributed by atoms with Gasteiger partial charge in [0.1, 0.15) is 0 Å². The van der Waals surface area contributed by atoms with Gasteiger partial charge in [0, 0.05) is 16.9 Å². The molecule has 1 saturated heterocycles. The lowest BCUT2D eigenvalue weighted by Crippen LogP contribution is -2.49. The van der Waals surface area contributed by atoms with Gasteiger partial charge >= 0.3 is 0 Å². The van der Waals surface area contributed by atoms with Gasteiger partial charge in [0.05, 0.1) is 17.0 Å². The van der Waals surface area contributed by atoms with E-state index in [0.717, 1.165) is 5.56 Å². The SMILES string of the molecule is Cc1ccc(Cl)cc1N1C(=O)[C@H]2C3c4ccccc4C(c4ccccc43)[C@]2(C)C1=O. The molecule has 3 aliphatic carbocycles. The highest BCUT2D eigenvalue weighted by molar-refractivity contribution is 6.32. The number of carbonyl (C=O) groups is 2. The lowest BCUT2D eigenvalue weighted by atomic mass is 9.48. The molecule has 0 aromatic heterocycles. The monoisotopic (exact) mass is 413 g/mol. The van der Waals surface area contributed by atoms with Gasteiger partial charge in [0.2, 0.25) is 11.8 Å². The fourth-order valence-corrected chi connectivity index (χ4v) is 6.33. The molecule has 0 N–H and O–H groups in total. The predicted octanol–water partition coefficient (Wildman–Crippen LogP) is 5.44. The van der Waals surface area contributed by atoms with Crippen LogP contribution in [0.5, 0.6) is 0 Å². The van der Waals surface area contributed by atoms with Crippen molar-refractivity contribution in [2.45, 2.75) is 25.7 Å². The van der Waals surface area contributed by atoms with Crippen LogP contribution in [0.1, 0.15) is 46.6 Å². The number of amides is 2. The Morgan fingerprint density at radius 3 is 2.03 bits per heavy atom. The standard InChI is InChI=1S/C26H20ClNO2/c1-14-11-12-15(27)13-20(14)28-24(29)23-21-16-7-3-5-9-18(16)22(26(23,2)25(28)30)19-10-6-4-8-17(19)21/h3-13,21-23H,1-2H3/t21?,22?,23-,26+/m1/s1. The molecule has 148 valence electrons. The topological polar surface area (TPSA) is 37.4 Å². The summed E-state index contributed by atoms with van der Waals surface area (Å²) in [7, 11) is 0. The molecule has 1 aliphatic heterocycles. The van der Waals surface area contributed by atoms with E-state index < -0.39 is 11.3 Å². The van der Waals surface area contributed by atoms with Gasteiger partial charge in [-0.05, 0) is 53.8 Å². The van der Waals surface area contributed by atoms with E-state index in [0.29, 0.717) is 10.7 Å². The van der Waals surface area contributed by atoms with E-state index in [-0.39, 0.29) is 23.7 Å². The summed E-state index contributed by atoms with van der Waals surface area (Å²) in [6.45, 7) is 3.90. The van der Waals surface area contributed by atoms with E-state index in [2.05, 4.69) is 24.3 Å². The van der Waals surface area contributed by atoms with E-state index in [1.807, 2.05) is 44.2 Å². The van der Waals surface area contributed by atoms with Crippen LogP contribution in [0.2, 0.25) is 5.02 Å². The fraction of sp³-hybridized carbons (Fsp3) is 0.231. The Bertz CT molecular complexity index is 1220. The second kappa shape index (κ2) is 5.83. The summed E-state index contributed by atoms with van der Waals surface area (Å²) >= 11 is 6.24. The number of carbonyl (C=O) groups excluding carboxylic acids is 2. The van der Waals surface area contributed by atoms with Gasteiger partial charge in [-0.1, -0.05) is 66.2 Å². The summed E-state index contributed by atoms with van der Waals surface area (Å²) in [5.41, 5.74) is 5.34. The first-order chi connectivity index (χ1) is 14.4. The van der Waals surface area contributed by atoms with Crippen LogP contribution in [0.25, 0.3) is 0 Å². The van der Waals surface area contributed by atoms with Crippen LogP contribution in [0, 0.1) is 18.3 Å². The molecule has 4 aliphatic rings. The molecule has 3 aromatic rings. The van der Waals surface area contributed by atoms with Crippen LogP contribution in [-0.2, 0) is 9.59 Å². The minimum Gasteiger partial charge on any atom is -0.274 e. The highest BCUT2D eigenvalue weighted by atomic mass is 35.5. The summed E-state index contributed by atoms with van der Waals surface area (Å²) in [5, 5.41) is 0.519. The van der Waals surface area contributed by atoms with Gasteiger partial charge in [0.15, 0.2) is 0 Å². The van der Waals surface area contributed by atoms with E-state index in [1.54, 1.807) is 12.1 Å². The van der Waals surface area contributed by atoms with Gasteiger partial charge in [-0.2, -0.15) is 0 Å². The molecule has 2 amide bonds. The molecule has 0 spiro atoms. The van der Waals surface area contributed by atoms with Crippen LogP contribution in [0.15, 0.2) is 66.7 Å². The van der Waals surface area contributed by atoms with Gasteiger partial charge in [-0.3, -0.25) is 9.59 Å². The molecule has 30 heavy (non-hydrogen) atoms. The number of halogens is 1. The second-order valence-corrected chi connectivity index (χ2v) is 9.27. The van der Waals surface area contributed by atoms with Crippen molar-refractivity contribution < 1.29 is 9.59 Å². The third-order valence-electron chi connectivity index (χ3n) is 7.43. The Balaban J connectivity index is 1.63. The fourth-order valence-electron chi connectivity index (χ4n) is 6.17. The van der Waals surface area contributed by atoms with E-state index in [9.17, 15) is 9.59 Å². The Labute approximate surface area is 180 Å². The number of anilines is 1. The first-order valence-corrected chi connectivity index (χ1v) is 10.6. The summed E-state index contributed by atoms with van der Waals surface area (Å²) in [4.78, 5) is 29.3. The van der Waals surface area contributed by atoms with Crippen LogP contribution in [-0.4, -0.2) is 11.8 Å². The molecular formula is C26H20ClNO2. The maximum absolute atomic E-state index is 14.0. The van der Waals surface area contributed by atoms with E-state index in [1.165, 1.54) is 27.2 Å². The van der Waals surface area contributed by atoms with Gasteiger partial charge in [-0.25, -0.2) is 4.90 Å². The van der Waals surface area contributed by atoms with Crippen molar-refractivity contribution in [1.29, 1.82) is 0 Å². The summed E-state index contributed by atoms with van der Waals surface area (Å²) in [6.07, 6.45) is 0. The summed E-state index contributed by atoms with van der Waals surface area (Å²) in [5.74, 6) is -0.916. The van der Waals surface area contributed by atoms with Gasteiger partial charge in [-0.15, -0.1) is 0 Å². The Morgan fingerprint density at radius 2 is 1.43 bits per heavy atom. The van der Waals surface area contributed by atoms with Crippen molar-refractivity contribution >= 4 is 29.1 Å². The molecule has 4 heteroatoms. The van der Waals surface area contributed by atoms with Crippen LogP contribution in [0.3, 0.4) is 0 Å². The average molecular weight is 414 g/mol. The highest BCUT2D eigenvalue weighted by Crippen LogP contribution is 2.67. The molecule has 3 aromatic carbocycles. The molecule has 3 nitrogen and oxygen atoms in total. The Hall–Kier alpha value is -2.91. The molecule has 0 radical (unpaired) electrons. The zero-order chi connectivity index (χ0) is 20.8. The summed E-state index contributed by atoms with van der Waals surface area (Å²) in [6, 6.07) is 22.0. The molecular weight excluding hydrogens is 394 g/mol. The number of rotatable bonds is 1. The molecule has 2 atom stereocenters. The maximum Gasteiger partial charge on any atom is 0.241 e.